The SMILES string of the molecule is CCc1cccnc1CN1CCNC(C2CC2)C1. The van der Waals surface area contributed by atoms with Gasteiger partial charge in [0.2, 0.25) is 0 Å². The summed E-state index contributed by atoms with van der Waals surface area (Å²) in [5.41, 5.74) is 2.68. The lowest BCUT2D eigenvalue weighted by molar-refractivity contribution is 0.179. The molecule has 3 nitrogen and oxygen atoms in total. The van der Waals surface area contributed by atoms with Crippen LogP contribution < -0.4 is 5.32 Å². The molecule has 18 heavy (non-hydrogen) atoms. The van der Waals surface area contributed by atoms with Gasteiger partial charge in [0, 0.05) is 38.4 Å². The summed E-state index contributed by atoms with van der Waals surface area (Å²) in [6.07, 6.45) is 5.86. The van der Waals surface area contributed by atoms with E-state index < -0.39 is 0 Å². The van der Waals surface area contributed by atoms with Crippen LogP contribution in [0.2, 0.25) is 0 Å². The first-order valence-electron chi connectivity index (χ1n) is 7.25. The van der Waals surface area contributed by atoms with Crippen molar-refractivity contribution in [2.24, 2.45) is 5.92 Å². The van der Waals surface area contributed by atoms with Crippen LogP contribution in [0.3, 0.4) is 0 Å². The molecular formula is C15H23N3. The monoisotopic (exact) mass is 245 g/mol. The molecule has 1 saturated heterocycles. The Bertz CT molecular complexity index is 400. The topological polar surface area (TPSA) is 28.2 Å². The maximum atomic E-state index is 4.57. The molecule has 1 unspecified atom stereocenters. The number of hydrogen-bond donors (Lipinski definition) is 1. The molecule has 2 aliphatic rings. The molecule has 3 rings (SSSR count). The molecule has 1 aliphatic carbocycles. The van der Waals surface area contributed by atoms with Gasteiger partial charge in [-0.2, -0.15) is 0 Å². The molecule has 1 aromatic rings. The van der Waals surface area contributed by atoms with E-state index in [0.29, 0.717) is 0 Å². The Morgan fingerprint density at radius 3 is 3.11 bits per heavy atom. The van der Waals surface area contributed by atoms with Crippen molar-refractivity contribution >= 4 is 0 Å². The zero-order valence-corrected chi connectivity index (χ0v) is 11.2. The zero-order valence-electron chi connectivity index (χ0n) is 11.2. The fourth-order valence-corrected chi connectivity index (χ4v) is 2.95. The third kappa shape index (κ3) is 2.73. The molecular weight excluding hydrogens is 222 g/mol. The lowest BCUT2D eigenvalue weighted by Crippen LogP contribution is -2.51. The van der Waals surface area contributed by atoms with Crippen molar-refractivity contribution in [3.8, 4) is 0 Å². The highest BCUT2D eigenvalue weighted by atomic mass is 15.2. The summed E-state index contributed by atoms with van der Waals surface area (Å²) >= 11 is 0. The van der Waals surface area contributed by atoms with Gasteiger partial charge in [0.05, 0.1) is 5.69 Å². The van der Waals surface area contributed by atoms with Crippen molar-refractivity contribution in [1.82, 2.24) is 15.2 Å². The molecule has 0 amide bonds. The Hall–Kier alpha value is -0.930. The quantitative estimate of drug-likeness (QED) is 0.877. The van der Waals surface area contributed by atoms with Crippen LogP contribution in [0.25, 0.3) is 0 Å². The molecule has 1 saturated carbocycles. The number of nitrogens with zero attached hydrogens (tertiary/aromatic N) is 2. The van der Waals surface area contributed by atoms with Crippen molar-refractivity contribution < 1.29 is 0 Å². The summed E-state index contributed by atoms with van der Waals surface area (Å²) in [5, 5.41) is 3.66. The van der Waals surface area contributed by atoms with Gasteiger partial charge in [0.25, 0.3) is 0 Å². The molecule has 0 aromatic carbocycles. The van der Waals surface area contributed by atoms with Gasteiger partial charge in [-0.25, -0.2) is 0 Å². The number of rotatable bonds is 4. The van der Waals surface area contributed by atoms with E-state index in [-0.39, 0.29) is 0 Å². The zero-order chi connectivity index (χ0) is 12.4. The minimum absolute atomic E-state index is 0.729. The van der Waals surface area contributed by atoms with Gasteiger partial charge in [-0.1, -0.05) is 13.0 Å². The van der Waals surface area contributed by atoms with E-state index in [9.17, 15) is 0 Å². The Morgan fingerprint density at radius 1 is 1.44 bits per heavy atom. The molecule has 2 heterocycles. The number of hydrogen-bond acceptors (Lipinski definition) is 3. The Balaban J connectivity index is 1.64. The molecule has 0 bridgehead atoms. The van der Waals surface area contributed by atoms with Crippen LogP contribution in [0.4, 0.5) is 0 Å². The van der Waals surface area contributed by atoms with Crippen LogP contribution >= 0.6 is 0 Å². The first-order valence-corrected chi connectivity index (χ1v) is 7.25. The largest absolute Gasteiger partial charge is 0.311 e. The second-order valence-electron chi connectivity index (χ2n) is 5.60. The van der Waals surface area contributed by atoms with Gasteiger partial charge < -0.3 is 5.32 Å². The summed E-state index contributed by atoms with van der Waals surface area (Å²) in [4.78, 5) is 7.14. The molecule has 1 N–H and O–H groups in total. The van der Waals surface area contributed by atoms with Crippen LogP contribution in [0.5, 0.6) is 0 Å². The van der Waals surface area contributed by atoms with Crippen LogP contribution in [0.1, 0.15) is 31.0 Å². The van der Waals surface area contributed by atoms with Crippen molar-refractivity contribution in [3.05, 3.63) is 29.6 Å². The van der Waals surface area contributed by atoms with Gasteiger partial charge in [0.15, 0.2) is 0 Å². The molecule has 1 aromatic heterocycles. The smallest absolute Gasteiger partial charge is 0.0575 e. The summed E-state index contributed by atoms with van der Waals surface area (Å²) < 4.78 is 0. The lowest BCUT2D eigenvalue weighted by atomic mass is 10.1. The van der Waals surface area contributed by atoms with Crippen LogP contribution in [-0.2, 0) is 13.0 Å². The summed E-state index contributed by atoms with van der Waals surface area (Å²) in [5.74, 6) is 0.946. The Kier molecular flexibility index (Phi) is 3.62. The van der Waals surface area contributed by atoms with Gasteiger partial charge in [-0.15, -0.1) is 0 Å². The van der Waals surface area contributed by atoms with Gasteiger partial charge in [-0.05, 0) is 36.8 Å². The fraction of sp³-hybridized carbons (Fsp3) is 0.667. The predicted octanol–water partition coefficient (Wildman–Crippen LogP) is 1.83. The van der Waals surface area contributed by atoms with E-state index in [1.54, 1.807) is 0 Å². The predicted molar refractivity (Wildman–Crippen MR) is 73.4 cm³/mol. The molecule has 3 heteroatoms. The second-order valence-corrected chi connectivity index (χ2v) is 5.60. The van der Waals surface area contributed by atoms with Crippen LogP contribution in [0.15, 0.2) is 18.3 Å². The molecule has 0 radical (unpaired) electrons. The molecule has 1 aliphatic heterocycles. The number of nitrogens with one attached hydrogen (secondary N) is 1. The van der Waals surface area contributed by atoms with Crippen molar-refractivity contribution in [3.63, 3.8) is 0 Å². The summed E-state index contributed by atoms with van der Waals surface area (Å²) in [6, 6.07) is 4.99. The van der Waals surface area contributed by atoms with Gasteiger partial charge >= 0.3 is 0 Å². The molecule has 0 spiro atoms. The van der Waals surface area contributed by atoms with E-state index in [4.69, 9.17) is 0 Å². The lowest BCUT2D eigenvalue weighted by Gasteiger charge is -2.34. The first kappa shape index (κ1) is 12.1. The number of piperazine rings is 1. The van der Waals surface area contributed by atoms with E-state index in [1.165, 1.54) is 30.6 Å². The van der Waals surface area contributed by atoms with Crippen LogP contribution in [-0.4, -0.2) is 35.6 Å². The van der Waals surface area contributed by atoms with E-state index >= 15 is 0 Å². The fourth-order valence-electron chi connectivity index (χ4n) is 2.95. The van der Waals surface area contributed by atoms with E-state index in [2.05, 4.69) is 28.2 Å². The molecule has 1 atom stereocenters. The average molecular weight is 245 g/mol. The number of pyridine rings is 1. The van der Waals surface area contributed by atoms with Gasteiger partial charge in [-0.3, -0.25) is 9.88 Å². The highest BCUT2D eigenvalue weighted by molar-refractivity contribution is 5.19. The average Bonchev–Trinajstić information content (AvgIpc) is 3.24. The summed E-state index contributed by atoms with van der Waals surface area (Å²) in [7, 11) is 0. The Labute approximate surface area is 110 Å². The van der Waals surface area contributed by atoms with Crippen molar-refractivity contribution in [1.29, 1.82) is 0 Å². The standard InChI is InChI=1S/C15H23N3/c1-2-12-4-3-7-16-14(12)10-18-9-8-17-15(11-18)13-5-6-13/h3-4,7,13,15,17H,2,5-6,8-11H2,1H3. The first-order chi connectivity index (χ1) is 8.86. The van der Waals surface area contributed by atoms with E-state index in [0.717, 1.165) is 38.0 Å². The minimum atomic E-state index is 0.729. The number of aromatic nitrogens is 1. The molecule has 2 fully saturated rings. The van der Waals surface area contributed by atoms with Crippen LogP contribution in [0, 0.1) is 5.92 Å². The highest BCUT2D eigenvalue weighted by Gasteiger charge is 2.33. The minimum Gasteiger partial charge on any atom is -0.311 e. The number of aryl methyl sites for hydroxylation is 1. The maximum absolute atomic E-state index is 4.57. The normalized spacial score (nSPS) is 25.3. The second kappa shape index (κ2) is 5.37. The third-order valence-corrected chi connectivity index (χ3v) is 4.22. The van der Waals surface area contributed by atoms with Crippen molar-refractivity contribution in [2.45, 2.75) is 38.8 Å². The highest BCUT2D eigenvalue weighted by Crippen LogP contribution is 2.33. The van der Waals surface area contributed by atoms with E-state index in [1.807, 2.05) is 12.3 Å². The molecule has 98 valence electrons. The van der Waals surface area contributed by atoms with Gasteiger partial charge in [0.1, 0.15) is 0 Å². The maximum Gasteiger partial charge on any atom is 0.0575 e. The summed E-state index contributed by atoms with van der Waals surface area (Å²) in [6.45, 7) is 6.73. The van der Waals surface area contributed by atoms with Crippen molar-refractivity contribution in [2.75, 3.05) is 19.6 Å². The third-order valence-electron chi connectivity index (χ3n) is 4.22. The Morgan fingerprint density at radius 2 is 2.33 bits per heavy atom.